The molecule has 1 N–H and O–H groups in total. The van der Waals surface area contributed by atoms with Gasteiger partial charge in [-0.15, -0.1) is 0 Å². The summed E-state index contributed by atoms with van der Waals surface area (Å²) in [5.41, 5.74) is -0.932. The van der Waals surface area contributed by atoms with Crippen LogP contribution in [-0.2, 0) is 9.59 Å². The molecule has 3 nitrogen and oxygen atoms in total. The van der Waals surface area contributed by atoms with Crippen LogP contribution >= 0.6 is 0 Å². The number of Topliss-reactive ketones (excluding diaryl/α,β-unsaturated/α-hetero) is 2. The molecule has 250 valence electrons. The zero-order valence-electron chi connectivity index (χ0n) is 29.4. The van der Waals surface area contributed by atoms with Crippen LogP contribution in [-0.4, -0.2) is 23.7 Å². The first-order valence-corrected chi connectivity index (χ1v) is 19.4. The number of ketones is 2. The van der Waals surface area contributed by atoms with Gasteiger partial charge in [0, 0.05) is 12.8 Å². The Hall–Kier alpha value is -0.700. The van der Waals surface area contributed by atoms with E-state index in [0.29, 0.717) is 19.3 Å². The van der Waals surface area contributed by atoms with Gasteiger partial charge >= 0.3 is 0 Å². The summed E-state index contributed by atoms with van der Waals surface area (Å²) < 4.78 is 0. The van der Waals surface area contributed by atoms with Gasteiger partial charge in [0.1, 0.15) is 5.54 Å². The van der Waals surface area contributed by atoms with E-state index in [4.69, 9.17) is 0 Å². The molecule has 0 aliphatic heterocycles. The lowest BCUT2D eigenvalue weighted by atomic mass is 9.80. The standard InChI is InChI=1S/C39H77NO2/c1-5-9-11-13-15-17-19-21-23-25-27-29-31-33-37(41)39(35-7-3,40-36-8-4)38(42)34-32-30-28-26-24-22-20-18-16-14-12-10-6-2/h40H,5-36H2,1-4H3. The molecule has 0 aliphatic carbocycles. The highest BCUT2D eigenvalue weighted by atomic mass is 16.2. The van der Waals surface area contributed by atoms with E-state index < -0.39 is 5.54 Å². The third-order valence-electron chi connectivity index (χ3n) is 9.27. The molecular formula is C39H77NO2. The molecule has 0 saturated heterocycles. The molecule has 0 aliphatic rings. The number of nitrogens with one attached hydrogen (secondary N) is 1. The van der Waals surface area contributed by atoms with E-state index in [1.54, 1.807) is 0 Å². The summed E-state index contributed by atoms with van der Waals surface area (Å²) in [6.07, 6.45) is 37.6. The smallest absolute Gasteiger partial charge is 0.160 e. The number of carbonyl (C=O) groups is 2. The van der Waals surface area contributed by atoms with Crippen LogP contribution < -0.4 is 5.32 Å². The minimum atomic E-state index is -0.932. The molecule has 0 fully saturated rings. The zero-order chi connectivity index (χ0) is 31.0. The molecule has 0 atom stereocenters. The average Bonchev–Trinajstić information content (AvgIpc) is 2.99. The number of carbonyl (C=O) groups excluding carboxylic acids is 2. The Labute approximate surface area is 264 Å². The quantitative estimate of drug-likeness (QED) is 0.0589. The van der Waals surface area contributed by atoms with Crippen LogP contribution in [0, 0.1) is 0 Å². The fourth-order valence-corrected chi connectivity index (χ4v) is 6.47. The summed E-state index contributed by atoms with van der Waals surface area (Å²) in [6.45, 7) is 9.54. The summed E-state index contributed by atoms with van der Waals surface area (Å²) >= 11 is 0. The lowest BCUT2D eigenvalue weighted by Gasteiger charge is -2.32. The van der Waals surface area contributed by atoms with Crippen molar-refractivity contribution in [3.8, 4) is 0 Å². The van der Waals surface area contributed by atoms with Crippen molar-refractivity contribution >= 4 is 11.6 Å². The van der Waals surface area contributed by atoms with Crippen molar-refractivity contribution < 1.29 is 9.59 Å². The predicted molar refractivity (Wildman–Crippen MR) is 187 cm³/mol. The minimum absolute atomic E-state index is 0.167. The molecule has 0 spiro atoms. The largest absolute Gasteiger partial charge is 0.299 e. The normalized spacial score (nSPS) is 11.8. The van der Waals surface area contributed by atoms with Gasteiger partial charge in [0.25, 0.3) is 0 Å². The second kappa shape index (κ2) is 31.7. The molecule has 0 unspecified atom stereocenters. The lowest BCUT2D eigenvalue weighted by Crippen LogP contribution is -2.58. The second-order valence-corrected chi connectivity index (χ2v) is 13.4. The Morgan fingerprint density at radius 2 is 0.667 bits per heavy atom. The molecular weight excluding hydrogens is 514 g/mol. The highest BCUT2D eigenvalue weighted by Gasteiger charge is 2.42. The molecule has 0 radical (unpaired) electrons. The zero-order valence-corrected chi connectivity index (χ0v) is 29.4. The Bertz CT molecular complexity index is 545. The summed E-state index contributed by atoms with van der Waals surface area (Å²) in [4.78, 5) is 27.1. The van der Waals surface area contributed by atoms with Crippen LogP contribution in [0.4, 0.5) is 0 Å². The van der Waals surface area contributed by atoms with Gasteiger partial charge in [0.05, 0.1) is 0 Å². The maximum absolute atomic E-state index is 13.6. The summed E-state index contributed by atoms with van der Waals surface area (Å²) in [7, 11) is 0. The first kappa shape index (κ1) is 41.3. The Balaban J connectivity index is 4.22. The van der Waals surface area contributed by atoms with Crippen LogP contribution in [0.15, 0.2) is 0 Å². The third kappa shape index (κ3) is 22.8. The van der Waals surface area contributed by atoms with Crippen molar-refractivity contribution in [2.45, 2.75) is 232 Å². The van der Waals surface area contributed by atoms with Gasteiger partial charge < -0.3 is 0 Å². The van der Waals surface area contributed by atoms with Crippen LogP contribution in [0.2, 0.25) is 0 Å². The minimum Gasteiger partial charge on any atom is -0.299 e. The summed E-state index contributed by atoms with van der Waals surface area (Å²) in [5.74, 6) is 0.334. The van der Waals surface area contributed by atoms with Crippen molar-refractivity contribution in [1.82, 2.24) is 5.32 Å². The lowest BCUT2D eigenvalue weighted by molar-refractivity contribution is -0.137. The summed E-state index contributed by atoms with van der Waals surface area (Å²) in [6, 6.07) is 0. The first-order valence-electron chi connectivity index (χ1n) is 19.4. The SMILES string of the molecule is CCCCCCCCCCCCCCCC(=O)C(CCC)(NCCC)C(=O)CCCCCCCCCCCCCCC. The van der Waals surface area contributed by atoms with Gasteiger partial charge in [-0.25, -0.2) is 0 Å². The molecule has 0 heterocycles. The van der Waals surface area contributed by atoms with Crippen molar-refractivity contribution in [3.05, 3.63) is 0 Å². The van der Waals surface area contributed by atoms with E-state index in [1.807, 2.05) is 0 Å². The third-order valence-corrected chi connectivity index (χ3v) is 9.27. The number of unbranched alkanes of at least 4 members (excludes halogenated alkanes) is 24. The van der Waals surface area contributed by atoms with Crippen LogP contribution in [0.5, 0.6) is 0 Å². The summed E-state index contributed by atoms with van der Waals surface area (Å²) in [5, 5.41) is 3.48. The first-order chi connectivity index (χ1) is 20.6. The van der Waals surface area contributed by atoms with E-state index in [9.17, 15) is 9.59 Å². The fraction of sp³-hybridized carbons (Fsp3) is 0.949. The van der Waals surface area contributed by atoms with E-state index in [1.165, 1.54) is 141 Å². The van der Waals surface area contributed by atoms with E-state index in [0.717, 1.165) is 45.1 Å². The molecule has 0 aromatic rings. The fourth-order valence-electron chi connectivity index (χ4n) is 6.47. The van der Waals surface area contributed by atoms with Gasteiger partial charge in [-0.3, -0.25) is 14.9 Å². The van der Waals surface area contributed by atoms with Crippen molar-refractivity contribution in [1.29, 1.82) is 0 Å². The monoisotopic (exact) mass is 592 g/mol. The number of hydrogen-bond acceptors (Lipinski definition) is 3. The van der Waals surface area contributed by atoms with Gasteiger partial charge in [0.15, 0.2) is 11.6 Å². The van der Waals surface area contributed by atoms with Crippen molar-refractivity contribution in [2.75, 3.05) is 6.54 Å². The van der Waals surface area contributed by atoms with Gasteiger partial charge in [-0.1, -0.05) is 188 Å². The molecule has 0 aromatic heterocycles. The van der Waals surface area contributed by atoms with Gasteiger partial charge in [0.2, 0.25) is 0 Å². The Morgan fingerprint density at radius 1 is 0.381 bits per heavy atom. The van der Waals surface area contributed by atoms with E-state index in [2.05, 4.69) is 33.0 Å². The van der Waals surface area contributed by atoms with E-state index in [-0.39, 0.29) is 11.6 Å². The van der Waals surface area contributed by atoms with Crippen molar-refractivity contribution in [3.63, 3.8) is 0 Å². The van der Waals surface area contributed by atoms with Crippen molar-refractivity contribution in [2.24, 2.45) is 0 Å². The maximum Gasteiger partial charge on any atom is 0.160 e. The predicted octanol–water partition coefficient (Wildman–Crippen LogP) is 12.6. The molecule has 0 aromatic carbocycles. The highest BCUT2D eigenvalue weighted by Crippen LogP contribution is 2.24. The molecule has 0 bridgehead atoms. The molecule has 0 amide bonds. The van der Waals surface area contributed by atoms with Crippen LogP contribution in [0.1, 0.15) is 227 Å². The Kier molecular flexibility index (Phi) is 31.2. The van der Waals surface area contributed by atoms with Gasteiger partial charge in [-0.05, 0) is 32.2 Å². The average molecular weight is 592 g/mol. The molecule has 0 saturated carbocycles. The highest BCUT2D eigenvalue weighted by molar-refractivity contribution is 6.11. The maximum atomic E-state index is 13.6. The van der Waals surface area contributed by atoms with Crippen LogP contribution in [0.25, 0.3) is 0 Å². The number of rotatable bonds is 35. The molecule has 42 heavy (non-hydrogen) atoms. The molecule has 0 rings (SSSR count). The second-order valence-electron chi connectivity index (χ2n) is 13.4. The van der Waals surface area contributed by atoms with E-state index >= 15 is 0 Å². The molecule has 3 heteroatoms. The van der Waals surface area contributed by atoms with Crippen LogP contribution in [0.3, 0.4) is 0 Å². The topological polar surface area (TPSA) is 46.2 Å². The Morgan fingerprint density at radius 3 is 0.929 bits per heavy atom. The van der Waals surface area contributed by atoms with Gasteiger partial charge in [-0.2, -0.15) is 0 Å². The number of hydrogen-bond donors (Lipinski definition) is 1.